The second-order valence-electron chi connectivity index (χ2n) is 10.2. The Bertz CT molecular complexity index is 1260. The summed E-state index contributed by atoms with van der Waals surface area (Å²) in [5.41, 5.74) is 5.23. The monoisotopic (exact) mass is 502 g/mol. The van der Waals surface area contributed by atoms with E-state index >= 15 is 0 Å². The van der Waals surface area contributed by atoms with Crippen molar-refractivity contribution in [1.29, 1.82) is 0 Å². The molecule has 0 bridgehead atoms. The summed E-state index contributed by atoms with van der Waals surface area (Å²) >= 11 is 0. The fraction of sp³-hybridized carbons (Fsp3) is 0.414. The highest BCUT2D eigenvalue weighted by molar-refractivity contribution is 5.94. The molecule has 3 N–H and O–H groups in total. The van der Waals surface area contributed by atoms with Crippen LogP contribution in [0.5, 0.6) is 5.75 Å². The lowest BCUT2D eigenvalue weighted by atomic mass is 9.84. The molecule has 1 aliphatic heterocycles. The van der Waals surface area contributed by atoms with Gasteiger partial charge in [0.15, 0.2) is 0 Å². The van der Waals surface area contributed by atoms with Crippen molar-refractivity contribution in [3.63, 3.8) is 0 Å². The van der Waals surface area contributed by atoms with Crippen LogP contribution in [-0.4, -0.2) is 52.1 Å². The van der Waals surface area contributed by atoms with E-state index in [1.54, 1.807) is 17.6 Å². The number of rotatable bonds is 8. The maximum Gasteiger partial charge on any atom is 0.251 e. The van der Waals surface area contributed by atoms with E-state index in [1.807, 2.05) is 49.4 Å². The van der Waals surface area contributed by atoms with E-state index in [2.05, 4.69) is 15.2 Å². The van der Waals surface area contributed by atoms with Crippen LogP contribution in [0.3, 0.4) is 0 Å². The summed E-state index contributed by atoms with van der Waals surface area (Å²) in [6.07, 6.45) is 4.64. The standard InChI is InChI=1S/C29H34N4O4/c1-19-15-22(25-7-2-3-8-26(25)30-19)18-37-24-11-9-20(10-12-24)29(35)31-27-17-33(23-5-4-6-23)14-13-21(27)16-28(34)32-36/h2-3,7-12,15,21,23,27,36H,4-6,13-14,16-18H2,1H3,(H,31,35)(H,32,34)/t21-,27+/m0/s1. The molecule has 2 fully saturated rings. The molecule has 2 aliphatic rings. The van der Waals surface area contributed by atoms with Crippen LogP contribution in [-0.2, 0) is 11.4 Å². The number of hydrogen-bond donors (Lipinski definition) is 3. The smallest absolute Gasteiger partial charge is 0.251 e. The van der Waals surface area contributed by atoms with Gasteiger partial charge in [-0.1, -0.05) is 24.6 Å². The first-order chi connectivity index (χ1) is 18.0. The van der Waals surface area contributed by atoms with Crippen LogP contribution in [0.4, 0.5) is 0 Å². The van der Waals surface area contributed by atoms with Gasteiger partial charge in [-0.15, -0.1) is 0 Å². The number of aromatic nitrogens is 1. The molecule has 1 aromatic heterocycles. The third-order valence-electron chi connectivity index (χ3n) is 7.71. The molecule has 1 aliphatic carbocycles. The van der Waals surface area contributed by atoms with Crippen LogP contribution in [0, 0.1) is 12.8 Å². The van der Waals surface area contributed by atoms with Gasteiger partial charge in [-0.2, -0.15) is 0 Å². The van der Waals surface area contributed by atoms with Gasteiger partial charge in [-0.25, -0.2) is 5.48 Å². The number of piperidine rings is 1. The van der Waals surface area contributed by atoms with E-state index in [9.17, 15) is 9.59 Å². The van der Waals surface area contributed by atoms with Crippen molar-refractivity contribution < 1.29 is 19.5 Å². The van der Waals surface area contributed by atoms with Gasteiger partial charge < -0.3 is 10.1 Å². The highest BCUT2D eigenvalue weighted by atomic mass is 16.5. The summed E-state index contributed by atoms with van der Waals surface area (Å²) in [6.45, 7) is 4.02. The largest absolute Gasteiger partial charge is 0.489 e. The van der Waals surface area contributed by atoms with Crippen molar-refractivity contribution in [2.45, 2.75) is 57.7 Å². The number of nitrogens with one attached hydrogen (secondary N) is 2. The van der Waals surface area contributed by atoms with E-state index in [1.165, 1.54) is 19.3 Å². The number of aryl methyl sites for hydroxylation is 1. The number of nitrogens with zero attached hydrogens (tertiary/aromatic N) is 2. The van der Waals surface area contributed by atoms with Gasteiger partial charge >= 0.3 is 0 Å². The van der Waals surface area contributed by atoms with Gasteiger partial charge in [-0.3, -0.25) is 24.7 Å². The van der Waals surface area contributed by atoms with Crippen LogP contribution in [0.1, 0.15) is 53.7 Å². The lowest BCUT2D eigenvalue weighted by molar-refractivity contribution is -0.130. The first kappa shape index (κ1) is 25.2. The van der Waals surface area contributed by atoms with E-state index in [0.29, 0.717) is 24.0 Å². The summed E-state index contributed by atoms with van der Waals surface area (Å²) < 4.78 is 6.04. The number of hydroxylamine groups is 1. The molecule has 0 spiro atoms. The van der Waals surface area contributed by atoms with Gasteiger partial charge in [0.05, 0.1) is 5.52 Å². The minimum absolute atomic E-state index is 0.0197. The number of benzene rings is 2. The summed E-state index contributed by atoms with van der Waals surface area (Å²) in [4.78, 5) is 32.0. The van der Waals surface area contributed by atoms with Gasteiger partial charge in [-0.05, 0) is 75.0 Å². The maximum absolute atomic E-state index is 13.1. The van der Waals surface area contributed by atoms with Crippen LogP contribution in [0.15, 0.2) is 54.6 Å². The third-order valence-corrected chi connectivity index (χ3v) is 7.71. The van der Waals surface area contributed by atoms with Crippen molar-refractivity contribution in [3.05, 3.63) is 71.4 Å². The molecule has 8 nitrogen and oxygen atoms in total. The van der Waals surface area contributed by atoms with E-state index < -0.39 is 5.91 Å². The van der Waals surface area contributed by atoms with Crippen LogP contribution >= 0.6 is 0 Å². The molecule has 37 heavy (non-hydrogen) atoms. The third kappa shape index (κ3) is 5.92. The predicted octanol–water partition coefficient (Wildman–Crippen LogP) is 3.99. The van der Waals surface area contributed by atoms with Gasteiger partial charge in [0.25, 0.3) is 5.91 Å². The normalized spacial score (nSPS) is 20.3. The van der Waals surface area contributed by atoms with Gasteiger partial charge in [0.2, 0.25) is 5.91 Å². The van der Waals surface area contributed by atoms with Gasteiger partial charge in [0, 0.05) is 47.3 Å². The van der Waals surface area contributed by atoms with E-state index in [0.717, 1.165) is 41.7 Å². The first-order valence-electron chi connectivity index (χ1n) is 13.1. The second kappa shape index (κ2) is 11.3. The Labute approximate surface area is 217 Å². The van der Waals surface area contributed by atoms with Crippen LogP contribution in [0.2, 0.25) is 0 Å². The number of fused-ring (bicyclic) bond motifs is 1. The SMILES string of the molecule is Cc1cc(COc2ccc(C(=O)N[C@@H]3CN(C4CCC4)CC[C@H]3CC(=O)NO)cc2)c2ccccc2n1. The molecule has 8 heteroatoms. The van der Waals surface area contributed by atoms with E-state index in [4.69, 9.17) is 9.94 Å². The highest BCUT2D eigenvalue weighted by Gasteiger charge is 2.36. The summed E-state index contributed by atoms with van der Waals surface area (Å²) in [5.74, 6) is 0.0762. The Balaban J connectivity index is 1.22. The highest BCUT2D eigenvalue weighted by Crippen LogP contribution is 2.30. The summed E-state index contributed by atoms with van der Waals surface area (Å²) in [7, 11) is 0. The molecular weight excluding hydrogens is 468 g/mol. The quantitative estimate of drug-likeness (QED) is 0.318. The fourth-order valence-corrected chi connectivity index (χ4v) is 5.43. The minimum atomic E-state index is -0.417. The number of carbonyl (C=O) groups excluding carboxylic acids is 2. The van der Waals surface area contributed by atoms with Crippen molar-refractivity contribution in [1.82, 2.24) is 20.7 Å². The molecule has 0 unspecified atom stereocenters. The lowest BCUT2D eigenvalue weighted by Gasteiger charge is -2.45. The number of hydrogen-bond acceptors (Lipinski definition) is 6. The molecule has 1 saturated carbocycles. The zero-order chi connectivity index (χ0) is 25.8. The zero-order valence-electron chi connectivity index (χ0n) is 21.2. The maximum atomic E-state index is 13.1. The van der Waals surface area contributed by atoms with Crippen LogP contribution in [0.25, 0.3) is 10.9 Å². The number of amides is 2. The van der Waals surface area contributed by atoms with Gasteiger partial charge in [0.1, 0.15) is 12.4 Å². The van der Waals surface area contributed by atoms with Crippen LogP contribution < -0.4 is 15.5 Å². The van der Waals surface area contributed by atoms with Crippen molar-refractivity contribution in [2.75, 3.05) is 13.1 Å². The van der Waals surface area contributed by atoms with Crippen molar-refractivity contribution in [3.8, 4) is 5.75 Å². The second-order valence-corrected chi connectivity index (χ2v) is 10.2. The molecule has 0 radical (unpaired) electrons. The number of carbonyl (C=O) groups is 2. The molecule has 2 heterocycles. The molecule has 3 aromatic rings. The van der Waals surface area contributed by atoms with Crippen molar-refractivity contribution >= 4 is 22.7 Å². The first-order valence-corrected chi connectivity index (χ1v) is 13.1. The Morgan fingerprint density at radius 3 is 2.62 bits per heavy atom. The number of likely N-dealkylation sites (tertiary alicyclic amines) is 1. The summed E-state index contributed by atoms with van der Waals surface area (Å²) in [5, 5.41) is 13.2. The molecule has 2 amide bonds. The topological polar surface area (TPSA) is 104 Å². The zero-order valence-corrected chi connectivity index (χ0v) is 21.2. The van der Waals surface area contributed by atoms with Crippen molar-refractivity contribution in [2.24, 2.45) is 5.92 Å². The Morgan fingerprint density at radius 2 is 1.89 bits per heavy atom. The molecule has 194 valence electrons. The predicted molar refractivity (Wildman–Crippen MR) is 140 cm³/mol. The molecule has 1 saturated heterocycles. The number of ether oxygens (including phenoxy) is 1. The average Bonchev–Trinajstić information content (AvgIpc) is 2.87. The lowest BCUT2D eigenvalue weighted by Crippen LogP contribution is -2.56. The average molecular weight is 503 g/mol. The summed E-state index contributed by atoms with van der Waals surface area (Å²) in [6, 6.07) is 17.6. The molecule has 2 aromatic carbocycles. The Kier molecular flexibility index (Phi) is 7.67. The number of pyridine rings is 1. The Hall–Kier alpha value is -3.49. The molecule has 5 rings (SSSR count). The molecule has 2 atom stereocenters. The van der Waals surface area contributed by atoms with E-state index in [-0.39, 0.29) is 24.3 Å². The number of para-hydroxylation sites is 1. The fourth-order valence-electron chi connectivity index (χ4n) is 5.43. The Morgan fingerprint density at radius 1 is 1.11 bits per heavy atom. The minimum Gasteiger partial charge on any atom is -0.489 e. The molecular formula is C29H34N4O4.